The van der Waals surface area contributed by atoms with Gasteiger partial charge in [0.15, 0.2) is 0 Å². The van der Waals surface area contributed by atoms with Crippen LogP contribution in [-0.4, -0.2) is 18.8 Å². The Morgan fingerprint density at radius 2 is 1.74 bits per heavy atom. The van der Waals surface area contributed by atoms with Gasteiger partial charge in [0, 0.05) is 5.69 Å². The second-order valence-electron chi connectivity index (χ2n) is 3.23. The fourth-order valence-electron chi connectivity index (χ4n) is 0.993. The molecule has 0 aliphatic heterocycles. The third kappa shape index (κ3) is 4.67. The summed E-state index contributed by atoms with van der Waals surface area (Å²) in [6, 6.07) is 3.11. The molecule has 0 amide bonds. The van der Waals surface area contributed by atoms with Crippen LogP contribution in [0.25, 0.3) is 0 Å². The predicted molar refractivity (Wildman–Crippen MR) is 53.5 cm³/mol. The molecule has 0 aliphatic rings. The lowest BCUT2D eigenvalue weighted by Crippen LogP contribution is -2.41. The van der Waals surface area contributed by atoms with E-state index >= 15 is 0 Å². The summed E-state index contributed by atoms with van der Waals surface area (Å²) >= 11 is 5.48. The number of halogens is 7. The van der Waals surface area contributed by atoms with Crippen LogP contribution < -0.4 is 10.5 Å². The summed E-state index contributed by atoms with van der Waals surface area (Å²) in [5.74, 6) is -0.603. The van der Waals surface area contributed by atoms with Crippen LogP contribution in [0.3, 0.4) is 0 Å². The Hall–Kier alpha value is -1.35. The van der Waals surface area contributed by atoms with Gasteiger partial charge in [-0.2, -0.15) is 13.2 Å². The zero-order valence-electron chi connectivity index (χ0n) is 8.85. The molecule has 0 saturated carbocycles. The first-order valence-electron chi connectivity index (χ1n) is 4.52. The Kier molecular flexibility index (Phi) is 4.41. The molecule has 108 valence electrons. The summed E-state index contributed by atoms with van der Waals surface area (Å²) in [4.78, 5) is 0. The van der Waals surface area contributed by atoms with Crippen LogP contribution >= 0.6 is 11.6 Å². The van der Waals surface area contributed by atoms with Crippen LogP contribution in [0.4, 0.5) is 32.0 Å². The third-order valence-corrected chi connectivity index (χ3v) is 2.00. The van der Waals surface area contributed by atoms with Gasteiger partial charge in [-0.05, 0) is 18.2 Å². The van der Waals surface area contributed by atoms with Crippen LogP contribution in [0.1, 0.15) is 0 Å². The van der Waals surface area contributed by atoms with E-state index in [0.717, 1.165) is 18.2 Å². The van der Waals surface area contributed by atoms with E-state index in [4.69, 9.17) is 17.3 Å². The van der Waals surface area contributed by atoms with Gasteiger partial charge >= 0.3 is 18.8 Å². The second kappa shape index (κ2) is 5.33. The summed E-state index contributed by atoms with van der Waals surface area (Å²) in [5, 5.41) is -0.342. The normalized spacial score (nSPS) is 14.3. The average molecular weight is 310 g/mol. The Bertz CT molecular complexity index is 453. The van der Waals surface area contributed by atoms with Crippen LogP contribution in [0, 0.1) is 0 Å². The fraction of sp³-hybridized carbons (Fsp3) is 0.333. The van der Waals surface area contributed by atoms with Crippen molar-refractivity contribution < 1.29 is 35.8 Å². The lowest BCUT2D eigenvalue weighted by Gasteiger charge is -2.22. The molecule has 3 nitrogen and oxygen atoms in total. The summed E-state index contributed by atoms with van der Waals surface area (Å²) < 4.78 is 79.5. The van der Waals surface area contributed by atoms with Gasteiger partial charge in [0.25, 0.3) is 0 Å². The Labute approximate surface area is 107 Å². The van der Waals surface area contributed by atoms with Crippen LogP contribution in [0.2, 0.25) is 5.02 Å². The van der Waals surface area contributed by atoms with E-state index in [1.165, 1.54) is 0 Å². The highest BCUT2D eigenvalue weighted by atomic mass is 35.5. The predicted octanol–water partition coefficient (Wildman–Crippen LogP) is 3.73. The molecule has 0 aliphatic carbocycles. The van der Waals surface area contributed by atoms with Crippen molar-refractivity contribution in [3.63, 3.8) is 0 Å². The minimum Gasteiger partial charge on any atom is -0.451 e. The van der Waals surface area contributed by atoms with Gasteiger partial charge in [-0.15, -0.1) is 13.2 Å². The molecule has 1 aromatic carbocycles. The maximum absolute atomic E-state index is 13.0. The number of rotatable bonds is 4. The molecule has 1 atom stereocenters. The number of alkyl halides is 6. The zero-order valence-corrected chi connectivity index (χ0v) is 9.60. The largest absolute Gasteiger partial charge is 0.527 e. The highest BCUT2D eigenvalue weighted by Crippen LogP contribution is 2.35. The number of anilines is 1. The van der Waals surface area contributed by atoms with E-state index in [0.29, 0.717) is 0 Å². The first kappa shape index (κ1) is 15.7. The molecule has 1 aromatic rings. The van der Waals surface area contributed by atoms with Gasteiger partial charge in [-0.1, -0.05) is 11.6 Å². The first-order chi connectivity index (χ1) is 8.51. The van der Waals surface area contributed by atoms with Gasteiger partial charge in [0.05, 0.1) is 5.02 Å². The standard InChI is InChI=1S/C9H6ClF6NO2/c10-5-3-4(17)1-2-6(5)18-7(11)8(12,13)19-9(14,15)16/h1-3,7H,17H2. The number of hydrogen-bond donors (Lipinski definition) is 1. The molecule has 0 saturated heterocycles. The van der Waals surface area contributed by atoms with Crippen LogP contribution in [0.5, 0.6) is 5.75 Å². The number of nitrogen functional groups attached to an aromatic ring is 1. The van der Waals surface area contributed by atoms with Crippen molar-refractivity contribution in [2.45, 2.75) is 18.8 Å². The van der Waals surface area contributed by atoms with Crippen LogP contribution in [-0.2, 0) is 4.74 Å². The van der Waals surface area contributed by atoms with E-state index in [2.05, 4.69) is 9.47 Å². The van der Waals surface area contributed by atoms with Gasteiger partial charge < -0.3 is 10.5 Å². The van der Waals surface area contributed by atoms with E-state index < -0.39 is 24.6 Å². The molecule has 0 aromatic heterocycles. The zero-order chi connectivity index (χ0) is 14.8. The Morgan fingerprint density at radius 1 is 1.16 bits per heavy atom. The van der Waals surface area contributed by atoms with Crippen molar-refractivity contribution in [3.05, 3.63) is 23.2 Å². The lowest BCUT2D eigenvalue weighted by molar-refractivity contribution is -0.449. The third-order valence-electron chi connectivity index (χ3n) is 1.70. The average Bonchev–Trinajstić information content (AvgIpc) is 2.18. The van der Waals surface area contributed by atoms with E-state index in [1.807, 2.05) is 0 Å². The topological polar surface area (TPSA) is 44.5 Å². The van der Waals surface area contributed by atoms with Crippen molar-refractivity contribution in [1.29, 1.82) is 0 Å². The highest BCUT2D eigenvalue weighted by molar-refractivity contribution is 6.32. The van der Waals surface area contributed by atoms with E-state index in [9.17, 15) is 26.3 Å². The molecule has 19 heavy (non-hydrogen) atoms. The number of ether oxygens (including phenoxy) is 2. The van der Waals surface area contributed by atoms with Crippen molar-refractivity contribution in [1.82, 2.24) is 0 Å². The van der Waals surface area contributed by atoms with Crippen LogP contribution in [0.15, 0.2) is 18.2 Å². The first-order valence-corrected chi connectivity index (χ1v) is 4.89. The van der Waals surface area contributed by atoms with E-state index in [-0.39, 0.29) is 10.7 Å². The van der Waals surface area contributed by atoms with Gasteiger partial charge in [-0.3, -0.25) is 0 Å². The minimum atomic E-state index is -5.72. The van der Waals surface area contributed by atoms with Crippen molar-refractivity contribution in [2.75, 3.05) is 5.73 Å². The quantitative estimate of drug-likeness (QED) is 0.681. The smallest absolute Gasteiger partial charge is 0.451 e. The highest BCUT2D eigenvalue weighted by Gasteiger charge is 2.53. The Morgan fingerprint density at radius 3 is 2.21 bits per heavy atom. The lowest BCUT2D eigenvalue weighted by atomic mass is 10.3. The molecule has 2 N–H and O–H groups in total. The minimum absolute atomic E-state index is 0.131. The monoisotopic (exact) mass is 309 g/mol. The van der Waals surface area contributed by atoms with Gasteiger partial charge in [-0.25, -0.2) is 4.74 Å². The number of nitrogens with two attached hydrogens (primary N) is 1. The summed E-state index contributed by atoms with van der Waals surface area (Å²) in [7, 11) is 0. The molecular formula is C9H6ClF6NO2. The number of hydrogen-bond acceptors (Lipinski definition) is 3. The van der Waals surface area contributed by atoms with Crippen molar-refractivity contribution in [2.24, 2.45) is 0 Å². The fourth-order valence-corrected chi connectivity index (χ4v) is 1.23. The summed E-state index contributed by atoms with van der Waals surface area (Å²) in [5.41, 5.74) is 5.40. The SMILES string of the molecule is Nc1ccc(OC(F)C(F)(F)OC(F)(F)F)c(Cl)c1. The molecule has 0 fully saturated rings. The second-order valence-corrected chi connectivity index (χ2v) is 3.64. The van der Waals surface area contributed by atoms with Gasteiger partial charge in [0.2, 0.25) is 0 Å². The van der Waals surface area contributed by atoms with Crippen molar-refractivity contribution in [3.8, 4) is 5.75 Å². The summed E-state index contributed by atoms with van der Waals surface area (Å²) in [6.07, 6.45) is -14.6. The molecule has 10 heteroatoms. The summed E-state index contributed by atoms with van der Waals surface area (Å²) in [6.45, 7) is 0. The van der Waals surface area contributed by atoms with Crippen molar-refractivity contribution >= 4 is 17.3 Å². The number of benzene rings is 1. The maximum Gasteiger partial charge on any atom is 0.527 e. The maximum atomic E-state index is 13.0. The molecular weight excluding hydrogens is 304 g/mol. The molecule has 0 bridgehead atoms. The molecule has 0 heterocycles. The molecule has 1 rings (SSSR count). The van der Waals surface area contributed by atoms with Gasteiger partial charge in [0.1, 0.15) is 5.75 Å². The molecule has 0 radical (unpaired) electrons. The molecule has 1 unspecified atom stereocenters. The Balaban J connectivity index is 2.81. The molecule has 0 spiro atoms. The van der Waals surface area contributed by atoms with E-state index in [1.54, 1.807) is 0 Å².